The van der Waals surface area contributed by atoms with Crippen molar-refractivity contribution in [1.82, 2.24) is 5.32 Å². The van der Waals surface area contributed by atoms with Crippen molar-refractivity contribution in [1.29, 1.82) is 0 Å². The van der Waals surface area contributed by atoms with Gasteiger partial charge in [0.1, 0.15) is 5.82 Å². The lowest BCUT2D eigenvalue weighted by molar-refractivity contribution is 0.567. The van der Waals surface area contributed by atoms with Crippen LogP contribution >= 0.6 is 27.5 Å². The van der Waals surface area contributed by atoms with Crippen molar-refractivity contribution in [2.45, 2.75) is 19.5 Å². The van der Waals surface area contributed by atoms with E-state index in [1.54, 1.807) is 6.07 Å². The molecule has 1 unspecified atom stereocenters. The third kappa shape index (κ3) is 3.78. The van der Waals surface area contributed by atoms with Crippen LogP contribution in [0.3, 0.4) is 0 Å². The number of hydrogen-bond donors (Lipinski definition) is 1. The highest BCUT2D eigenvalue weighted by atomic mass is 79.9. The van der Waals surface area contributed by atoms with E-state index in [-0.39, 0.29) is 16.9 Å². The Bertz CT molecular complexity index is 574. The second-order valence-electron chi connectivity index (χ2n) is 4.37. The first kappa shape index (κ1) is 14.5. The monoisotopic (exact) mass is 341 g/mol. The zero-order valence-electron chi connectivity index (χ0n) is 10.5. The number of nitrogens with one attached hydrogen (secondary N) is 1. The van der Waals surface area contributed by atoms with Gasteiger partial charge in [-0.1, -0.05) is 51.8 Å². The maximum atomic E-state index is 13.3. The van der Waals surface area contributed by atoms with Gasteiger partial charge in [0.05, 0.1) is 5.02 Å². The minimum Gasteiger partial charge on any atom is -0.306 e. The van der Waals surface area contributed by atoms with Crippen molar-refractivity contribution in [2.24, 2.45) is 0 Å². The Kier molecular flexibility index (Phi) is 4.97. The van der Waals surface area contributed by atoms with Crippen molar-refractivity contribution in [3.05, 3.63) is 68.9 Å². The normalized spacial score (nSPS) is 12.4. The van der Waals surface area contributed by atoms with Gasteiger partial charge in [-0.25, -0.2) is 4.39 Å². The van der Waals surface area contributed by atoms with E-state index in [1.165, 1.54) is 11.6 Å². The van der Waals surface area contributed by atoms with Crippen LogP contribution in [-0.4, -0.2) is 0 Å². The molecule has 0 aliphatic carbocycles. The molecule has 0 aromatic heterocycles. The Labute approximate surface area is 125 Å². The van der Waals surface area contributed by atoms with E-state index in [4.69, 9.17) is 11.6 Å². The highest BCUT2D eigenvalue weighted by Gasteiger charge is 2.08. The molecule has 19 heavy (non-hydrogen) atoms. The first-order valence-corrected chi connectivity index (χ1v) is 7.17. The summed E-state index contributed by atoms with van der Waals surface area (Å²) in [4.78, 5) is 0. The quantitative estimate of drug-likeness (QED) is 0.816. The molecule has 4 heteroatoms. The summed E-state index contributed by atoms with van der Waals surface area (Å²) in [5.74, 6) is -0.380. The fraction of sp³-hybridized carbons (Fsp3) is 0.200. The topological polar surface area (TPSA) is 12.0 Å². The highest BCUT2D eigenvalue weighted by Crippen LogP contribution is 2.23. The fourth-order valence-electron chi connectivity index (χ4n) is 1.86. The summed E-state index contributed by atoms with van der Waals surface area (Å²) in [6.45, 7) is 2.67. The summed E-state index contributed by atoms with van der Waals surface area (Å²) >= 11 is 9.19. The van der Waals surface area contributed by atoms with Gasteiger partial charge >= 0.3 is 0 Å². The Morgan fingerprint density at radius 3 is 2.68 bits per heavy atom. The molecule has 0 heterocycles. The number of halogens is 3. The first-order chi connectivity index (χ1) is 9.08. The zero-order valence-corrected chi connectivity index (χ0v) is 12.8. The number of hydrogen-bond acceptors (Lipinski definition) is 1. The highest BCUT2D eigenvalue weighted by molar-refractivity contribution is 9.10. The van der Waals surface area contributed by atoms with Crippen LogP contribution < -0.4 is 5.32 Å². The molecule has 0 amide bonds. The summed E-state index contributed by atoms with van der Waals surface area (Å²) in [5, 5.41) is 3.52. The maximum Gasteiger partial charge on any atom is 0.142 e. The van der Waals surface area contributed by atoms with Crippen LogP contribution in [0.1, 0.15) is 24.1 Å². The molecule has 100 valence electrons. The van der Waals surface area contributed by atoms with E-state index in [0.717, 1.165) is 10.0 Å². The molecule has 2 aromatic rings. The van der Waals surface area contributed by atoms with Gasteiger partial charge in [-0.2, -0.15) is 0 Å². The minimum absolute atomic E-state index is 0.155. The third-order valence-electron chi connectivity index (χ3n) is 2.97. The number of rotatable bonds is 4. The first-order valence-electron chi connectivity index (χ1n) is 5.99. The van der Waals surface area contributed by atoms with Crippen molar-refractivity contribution < 1.29 is 4.39 Å². The smallest absolute Gasteiger partial charge is 0.142 e. The molecule has 1 nitrogen and oxygen atoms in total. The predicted molar refractivity (Wildman–Crippen MR) is 80.8 cm³/mol. The molecule has 0 saturated heterocycles. The van der Waals surface area contributed by atoms with Crippen LogP contribution in [-0.2, 0) is 6.54 Å². The van der Waals surface area contributed by atoms with Crippen LogP contribution in [0.25, 0.3) is 0 Å². The largest absolute Gasteiger partial charge is 0.306 e. The Balaban J connectivity index is 2.02. The fourth-order valence-corrected chi connectivity index (χ4v) is 2.60. The van der Waals surface area contributed by atoms with Crippen molar-refractivity contribution in [3.63, 3.8) is 0 Å². The molecule has 0 spiro atoms. The minimum atomic E-state index is -0.380. The van der Waals surface area contributed by atoms with Gasteiger partial charge in [-0.15, -0.1) is 0 Å². The molecule has 2 rings (SSSR count). The maximum absolute atomic E-state index is 13.3. The van der Waals surface area contributed by atoms with E-state index in [0.29, 0.717) is 6.54 Å². The van der Waals surface area contributed by atoms with Crippen molar-refractivity contribution in [2.75, 3.05) is 0 Å². The summed E-state index contributed by atoms with van der Waals surface area (Å²) in [7, 11) is 0. The van der Waals surface area contributed by atoms with E-state index < -0.39 is 0 Å². The van der Waals surface area contributed by atoms with E-state index in [1.807, 2.05) is 24.3 Å². The molecule has 0 fully saturated rings. The molecule has 0 aliphatic heterocycles. The third-order valence-corrected chi connectivity index (χ3v) is 4.00. The molecule has 2 aromatic carbocycles. The second-order valence-corrected chi connectivity index (χ2v) is 5.63. The lowest BCUT2D eigenvalue weighted by atomic mass is 10.1. The lowest BCUT2D eigenvalue weighted by Gasteiger charge is -2.16. The molecule has 0 radical (unpaired) electrons. The summed E-state index contributed by atoms with van der Waals surface area (Å²) in [6, 6.07) is 13.1. The molecule has 0 aliphatic rings. The Morgan fingerprint density at radius 2 is 2.00 bits per heavy atom. The van der Waals surface area contributed by atoms with Crippen LogP contribution in [0, 0.1) is 5.82 Å². The van der Waals surface area contributed by atoms with E-state index in [2.05, 4.69) is 34.2 Å². The Hall–Kier alpha value is -0.900. The summed E-state index contributed by atoms with van der Waals surface area (Å²) in [5.41, 5.74) is 2.05. The molecule has 0 saturated carbocycles. The summed E-state index contributed by atoms with van der Waals surface area (Å²) < 4.78 is 14.4. The van der Waals surface area contributed by atoms with Gasteiger partial charge in [0.15, 0.2) is 0 Å². The van der Waals surface area contributed by atoms with E-state index >= 15 is 0 Å². The van der Waals surface area contributed by atoms with Gasteiger partial charge in [0.25, 0.3) is 0 Å². The average Bonchev–Trinajstić information content (AvgIpc) is 2.40. The van der Waals surface area contributed by atoms with Gasteiger partial charge in [-0.3, -0.25) is 0 Å². The average molecular weight is 343 g/mol. The Morgan fingerprint density at radius 1 is 1.26 bits per heavy atom. The predicted octanol–water partition coefficient (Wildman–Crippen LogP) is 5.09. The van der Waals surface area contributed by atoms with Crippen LogP contribution in [0.5, 0.6) is 0 Å². The number of benzene rings is 2. The van der Waals surface area contributed by atoms with Gasteiger partial charge in [-0.05, 0) is 36.2 Å². The van der Waals surface area contributed by atoms with Crippen molar-refractivity contribution in [3.8, 4) is 0 Å². The van der Waals surface area contributed by atoms with Gasteiger partial charge in [0.2, 0.25) is 0 Å². The second kappa shape index (κ2) is 6.51. The van der Waals surface area contributed by atoms with Gasteiger partial charge in [0, 0.05) is 17.1 Å². The lowest BCUT2D eigenvalue weighted by Crippen LogP contribution is -2.18. The molecular weight excluding hydrogens is 329 g/mol. The summed E-state index contributed by atoms with van der Waals surface area (Å²) in [6.07, 6.45) is 0. The molecular formula is C15H14BrClFN. The zero-order chi connectivity index (χ0) is 13.8. The van der Waals surface area contributed by atoms with Crippen LogP contribution in [0.2, 0.25) is 5.02 Å². The standard InChI is InChI=1S/C15H14BrClFN/c1-10(12-4-2-3-5-13(12)16)19-9-11-6-7-14(17)15(18)8-11/h2-8,10,19H,9H2,1H3. The molecule has 1 N–H and O–H groups in total. The SMILES string of the molecule is CC(NCc1ccc(Cl)c(F)c1)c1ccccc1Br. The van der Waals surface area contributed by atoms with Crippen LogP contribution in [0.15, 0.2) is 46.9 Å². The van der Waals surface area contributed by atoms with Gasteiger partial charge < -0.3 is 5.32 Å². The molecule has 0 bridgehead atoms. The van der Waals surface area contributed by atoms with Crippen LogP contribution in [0.4, 0.5) is 4.39 Å². The van der Waals surface area contributed by atoms with Crippen molar-refractivity contribution >= 4 is 27.5 Å². The van der Waals surface area contributed by atoms with E-state index in [9.17, 15) is 4.39 Å². The molecule has 1 atom stereocenters.